The molecule has 1 N–H and O–H groups in total. The van der Waals surface area contributed by atoms with E-state index in [-0.39, 0.29) is 54.3 Å². The summed E-state index contributed by atoms with van der Waals surface area (Å²) in [7, 11) is -1.60. The van der Waals surface area contributed by atoms with E-state index in [9.17, 15) is 9.90 Å². The van der Waals surface area contributed by atoms with Gasteiger partial charge in [0.05, 0.1) is 13.8 Å². The Kier molecular flexibility index (Phi) is 14.9. The number of allylic oxidation sites excluding steroid dienone is 2. The maximum absolute atomic E-state index is 11.7. The molecule has 3 nitrogen and oxygen atoms in total. The van der Waals surface area contributed by atoms with E-state index in [2.05, 4.69) is 122 Å². The SMILES string of the molecule is CC(C)(C)Cc1ccc2c(c1)sc1c(-c3[c-]c4ccccc4c(C(C)(C)C)c3)ncc([Si](C)(C)C)c12.CCC(CC)C(=O)/C=C(\O)C(CC)CC.[Ir]. The Bertz CT molecular complexity index is 2010. The molecule has 0 aliphatic rings. The number of thiophene rings is 1. The molecule has 3 aromatic carbocycles. The Labute approximate surface area is 333 Å². The Hall–Kier alpha value is -2.63. The molecular formula is C46H62IrNO2SSi-. The average molecular weight is 913 g/mol. The molecule has 0 unspecified atom stereocenters. The van der Waals surface area contributed by atoms with E-state index in [0.29, 0.717) is 0 Å². The topological polar surface area (TPSA) is 50.2 Å². The number of benzene rings is 3. The van der Waals surface area contributed by atoms with Crippen molar-refractivity contribution < 1.29 is 30.0 Å². The second-order valence-corrected chi connectivity index (χ2v) is 23.6. The number of nitrogens with zero attached hydrogens (tertiary/aromatic N) is 1. The third kappa shape index (κ3) is 10.3. The number of rotatable bonds is 10. The third-order valence-electron chi connectivity index (χ3n) is 10.0. The van der Waals surface area contributed by atoms with Crippen LogP contribution in [0.25, 0.3) is 42.2 Å². The molecule has 0 saturated carbocycles. The fourth-order valence-electron chi connectivity index (χ4n) is 7.07. The number of carbonyl (C=O) groups is 1. The van der Waals surface area contributed by atoms with Gasteiger partial charge in [-0.15, -0.1) is 40.5 Å². The van der Waals surface area contributed by atoms with E-state index in [1.54, 1.807) is 0 Å². The van der Waals surface area contributed by atoms with Crippen LogP contribution in [0.3, 0.4) is 0 Å². The number of aliphatic hydroxyl groups excluding tert-OH is 1. The molecule has 6 heteroatoms. The average Bonchev–Trinajstić information content (AvgIpc) is 3.42. The second kappa shape index (κ2) is 17.7. The molecule has 0 bridgehead atoms. The third-order valence-corrected chi connectivity index (χ3v) is 13.2. The minimum atomic E-state index is -1.60. The van der Waals surface area contributed by atoms with Crippen molar-refractivity contribution in [2.24, 2.45) is 17.3 Å². The van der Waals surface area contributed by atoms with Gasteiger partial charge in [0.15, 0.2) is 5.78 Å². The normalized spacial score (nSPS) is 12.8. The van der Waals surface area contributed by atoms with Crippen molar-refractivity contribution in [1.82, 2.24) is 4.98 Å². The van der Waals surface area contributed by atoms with Crippen molar-refractivity contribution in [2.45, 2.75) is 126 Å². The van der Waals surface area contributed by atoms with E-state index in [0.717, 1.165) is 48.7 Å². The van der Waals surface area contributed by atoms with Crippen molar-refractivity contribution in [2.75, 3.05) is 0 Å². The number of ketones is 1. The maximum Gasteiger partial charge on any atom is 0.162 e. The van der Waals surface area contributed by atoms with E-state index in [1.807, 2.05) is 39.0 Å². The van der Waals surface area contributed by atoms with Crippen LogP contribution < -0.4 is 5.19 Å². The molecule has 0 amide bonds. The quantitative estimate of drug-likeness (QED) is 0.0657. The molecule has 1 radical (unpaired) electrons. The number of fused-ring (bicyclic) bond motifs is 4. The van der Waals surface area contributed by atoms with Gasteiger partial charge in [-0.25, -0.2) is 0 Å². The van der Waals surface area contributed by atoms with Gasteiger partial charge in [0.1, 0.15) is 0 Å². The van der Waals surface area contributed by atoms with E-state index < -0.39 is 8.07 Å². The summed E-state index contributed by atoms with van der Waals surface area (Å²) in [4.78, 5) is 16.9. The Morgan fingerprint density at radius 3 is 2.06 bits per heavy atom. The summed E-state index contributed by atoms with van der Waals surface area (Å²) < 4.78 is 2.68. The molecule has 0 spiro atoms. The molecule has 0 saturated heterocycles. The van der Waals surface area contributed by atoms with Crippen LogP contribution in [0.5, 0.6) is 0 Å². The molecule has 0 aliphatic carbocycles. The molecule has 283 valence electrons. The van der Waals surface area contributed by atoms with Gasteiger partial charge in [0, 0.05) is 59.3 Å². The molecular weight excluding hydrogens is 851 g/mol. The van der Waals surface area contributed by atoms with Crippen LogP contribution in [0.2, 0.25) is 19.6 Å². The molecule has 52 heavy (non-hydrogen) atoms. The van der Waals surface area contributed by atoms with Gasteiger partial charge in [-0.2, -0.15) is 0 Å². The first kappa shape index (κ1) is 43.8. The smallest absolute Gasteiger partial charge is 0.162 e. The van der Waals surface area contributed by atoms with Gasteiger partial charge < -0.3 is 5.11 Å². The Morgan fingerprint density at radius 1 is 0.885 bits per heavy atom. The second-order valence-electron chi connectivity index (χ2n) is 17.5. The van der Waals surface area contributed by atoms with Crippen LogP contribution in [-0.4, -0.2) is 23.9 Å². The number of carbonyl (C=O) groups excluding carboxylic acids is 1. The zero-order valence-corrected chi connectivity index (χ0v) is 38.2. The molecule has 0 aliphatic heterocycles. The van der Waals surface area contributed by atoms with Gasteiger partial charge >= 0.3 is 0 Å². The summed E-state index contributed by atoms with van der Waals surface area (Å²) in [5.74, 6) is 0.547. The summed E-state index contributed by atoms with van der Waals surface area (Å²) in [6.45, 7) is 29.2. The maximum atomic E-state index is 11.7. The Morgan fingerprint density at radius 2 is 1.50 bits per heavy atom. The number of aromatic nitrogens is 1. The van der Waals surface area contributed by atoms with Gasteiger partial charge in [-0.3, -0.25) is 9.78 Å². The zero-order chi connectivity index (χ0) is 37.9. The van der Waals surface area contributed by atoms with Gasteiger partial charge in [0.2, 0.25) is 0 Å². The van der Waals surface area contributed by atoms with Crippen molar-refractivity contribution in [3.05, 3.63) is 83.8 Å². The van der Waals surface area contributed by atoms with Crippen molar-refractivity contribution in [3.63, 3.8) is 0 Å². The van der Waals surface area contributed by atoms with Crippen LogP contribution in [0.4, 0.5) is 0 Å². The minimum absolute atomic E-state index is 0. The molecule has 2 heterocycles. The summed E-state index contributed by atoms with van der Waals surface area (Å²) in [5.41, 5.74) is 5.24. The van der Waals surface area contributed by atoms with Crippen LogP contribution in [0.15, 0.2) is 66.6 Å². The summed E-state index contributed by atoms with van der Waals surface area (Å²) in [6.07, 6.45) is 8.17. The van der Waals surface area contributed by atoms with Gasteiger partial charge in [0.25, 0.3) is 0 Å². The van der Waals surface area contributed by atoms with E-state index >= 15 is 0 Å². The van der Waals surface area contributed by atoms with Gasteiger partial charge in [-0.05, 0) is 70.5 Å². The Balaban J connectivity index is 0.000000389. The first-order chi connectivity index (χ1) is 23.8. The fraction of sp³-hybridized carbons (Fsp3) is 0.478. The zero-order valence-electron chi connectivity index (χ0n) is 34.0. The van der Waals surface area contributed by atoms with Crippen LogP contribution >= 0.6 is 11.3 Å². The van der Waals surface area contributed by atoms with Gasteiger partial charge in [-0.1, -0.05) is 130 Å². The number of aliphatic hydroxyl groups is 1. The number of hydrogen-bond donors (Lipinski definition) is 1. The molecule has 5 aromatic rings. The molecule has 2 aromatic heterocycles. The van der Waals surface area contributed by atoms with Crippen molar-refractivity contribution >= 4 is 61.3 Å². The van der Waals surface area contributed by atoms with Crippen LogP contribution in [0.1, 0.15) is 106 Å². The molecule has 5 rings (SSSR count). The van der Waals surface area contributed by atoms with Crippen LogP contribution in [0, 0.1) is 23.3 Å². The monoisotopic (exact) mass is 913 g/mol. The standard InChI is InChI=1S/C33H38NSSi.C13H24O2.Ir/c1-32(2,3)19-21-14-15-25-27(16-21)35-31-29(25)28(36(7,8)9)20-34-30(31)23-17-22-12-10-11-13-24(22)26(18-23)33(4,5)6;1-5-10(6-2)12(14)9-13(15)11(7-3)8-4;/h10-16,18,20H,19H2,1-9H3;9-11,14H,5-8H2,1-4H3;/q-1;;/b;12-9-;. The molecule has 0 fully saturated rings. The van der Waals surface area contributed by atoms with Crippen molar-refractivity contribution in [3.8, 4) is 11.3 Å². The molecule has 0 atom stereocenters. The first-order valence-corrected chi connectivity index (χ1v) is 23.4. The summed E-state index contributed by atoms with van der Waals surface area (Å²) in [5, 5.41) is 16.5. The predicted octanol–water partition coefficient (Wildman–Crippen LogP) is 13.4. The summed E-state index contributed by atoms with van der Waals surface area (Å²) in [6, 6.07) is 21.9. The first-order valence-electron chi connectivity index (χ1n) is 19.1. The summed E-state index contributed by atoms with van der Waals surface area (Å²) >= 11 is 1.91. The van der Waals surface area contributed by atoms with E-state index in [1.165, 1.54) is 47.9 Å². The minimum Gasteiger partial charge on any atom is -0.512 e. The largest absolute Gasteiger partial charge is 0.512 e. The van der Waals surface area contributed by atoms with Crippen LogP contribution in [-0.2, 0) is 36.7 Å². The van der Waals surface area contributed by atoms with E-state index in [4.69, 9.17) is 4.98 Å². The van der Waals surface area contributed by atoms with Crippen molar-refractivity contribution in [1.29, 1.82) is 0 Å². The number of hydrogen-bond acceptors (Lipinski definition) is 4. The predicted molar refractivity (Wildman–Crippen MR) is 228 cm³/mol. The number of pyridine rings is 1. The fourth-order valence-corrected chi connectivity index (χ4v) is 9.91.